The Hall–Kier alpha value is -2.44. The number of aliphatic hydroxyl groups is 1. The molecule has 0 atom stereocenters. The van der Waals surface area contributed by atoms with Crippen molar-refractivity contribution < 1.29 is 14.3 Å². The van der Waals surface area contributed by atoms with Crippen LogP contribution in [0.3, 0.4) is 0 Å². The third-order valence-corrected chi connectivity index (χ3v) is 3.23. The maximum atomic E-state index is 11.6. The lowest BCUT2D eigenvalue weighted by Gasteiger charge is -2.00. The molecule has 1 amide bonds. The van der Waals surface area contributed by atoms with Gasteiger partial charge in [-0.05, 0) is 36.0 Å². The zero-order chi connectivity index (χ0) is 14.8. The summed E-state index contributed by atoms with van der Waals surface area (Å²) >= 11 is 4.86. The number of aliphatic hydroxyl groups excluding tert-OH is 1. The van der Waals surface area contributed by atoms with E-state index < -0.39 is 0 Å². The predicted molar refractivity (Wildman–Crippen MR) is 81.9 cm³/mol. The molecule has 6 heteroatoms. The van der Waals surface area contributed by atoms with Gasteiger partial charge in [-0.25, -0.2) is 0 Å². The van der Waals surface area contributed by atoms with Crippen LogP contribution in [-0.2, 0) is 11.4 Å². The van der Waals surface area contributed by atoms with Gasteiger partial charge in [0.2, 0.25) is 0 Å². The van der Waals surface area contributed by atoms with E-state index in [4.69, 9.17) is 21.7 Å². The summed E-state index contributed by atoms with van der Waals surface area (Å²) in [5, 5.41) is 14.7. The Labute approximate surface area is 126 Å². The Bertz CT molecular complexity index is 749. The molecule has 3 N–H and O–H groups in total. The lowest BCUT2D eigenvalue weighted by molar-refractivity contribution is -0.115. The molecule has 1 aromatic carbocycles. The summed E-state index contributed by atoms with van der Waals surface area (Å²) < 4.78 is 5.69. The molecule has 0 aliphatic carbocycles. The van der Waals surface area contributed by atoms with Crippen molar-refractivity contribution in [2.75, 3.05) is 0 Å². The highest BCUT2D eigenvalue weighted by atomic mass is 32.1. The largest absolute Gasteiger partial charge is 0.457 e. The number of amides is 1. The normalized spacial score (nSPS) is 16.1. The SMILES string of the molecule is O=C1NC(=S)N/C1=C/c1ccc(-c2cccc(CO)c2)o1. The van der Waals surface area contributed by atoms with Gasteiger partial charge in [-0.15, -0.1) is 0 Å². The molecule has 1 aliphatic rings. The zero-order valence-electron chi connectivity index (χ0n) is 10.9. The predicted octanol–water partition coefficient (Wildman–Crippen LogP) is 1.78. The van der Waals surface area contributed by atoms with Gasteiger partial charge < -0.3 is 14.8 Å². The van der Waals surface area contributed by atoms with E-state index >= 15 is 0 Å². The van der Waals surface area contributed by atoms with Crippen LogP contribution in [0.15, 0.2) is 46.5 Å². The fraction of sp³-hybridized carbons (Fsp3) is 0.0667. The van der Waals surface area contributed by atoms with Crippen molar-refractivity contribution in [2.24, 2.45) is 0 Å². The molecule has 5 nitrogen and oxygen atoms in total. The molecule has 0 bridgehead atoms. The number of hydrogen-bond acceptors (Lipinski definition) is 4. The second-order valence-electron chi connectivity index (χ2n) is 4.53. The Morgan fingerprint density at radius 3 is 2.81 bits per heavy atom. The molecule has 106 valence electrons. The van der Waals surface area contributed by atoms with Gasteiger partial charge in [-0.2, -0.15) is 0 Å². The van der Waals surface area contributed by atoms with Crippen LogP contribution in [0, 0.1) is 0 Å². The Kier molecular flexibility index (Phi) is 3.55. The first kappa shape index (κ1) is 13.5. The van der Waals surface area contributed by atoms with Gasteiger partial charge in [0, 0.05) is 11.6 Å². The van der Waals surface area contributed by atoms with Crippen LogP contribution in [-0.4, -0.2) is 16.1 Å². The third-order valence-electron chi connectivity index (χ3n) is 3.03. The summed E-state index contributed by atoms with van der Waals surface area (Å²) in [4.78, 5) is 11.6. The van der Waals surface area contributed by atoms with Gasteiger partial charge in [0.25, 0.3) is 5.91 Å². The van der Waals surface area contributed by atoms with Crippen LogP contribution in [0.5, 0.6) is 0 Å². The minimum atomic E-state index is -0.278. The summed E-state index contributed by atoms with van der Waals surface area (Å²) in [6, 6.07) is 11.0. The van der Waals surface area contributed by atoms with Crippen molar-refractivity contribution in [3.05, 3.63) is 53.4 Å². The van der Waals surface area contributed by atoms with Crippen molar-refractivity contribution in [3.63, 3.8) is 0 Å². The molecule has 1 fully saturated rings. The van der Waals surface area contributed by atoms with Gasteiger partial charge in [0.1, 0.15) is 17.2 Å². The van der Waals surface area contributed by atoms with Gasteiger partial charge in [-0.3, -0.25) is 10.1 Å². The zero-order valence-corrected chi connectivity index (χ0v) is 11.7. The highest BCUT2D eigenvalue weighted by Crippen LogP contribution is 2.24. The maximum absolute atomic E-state index is 11.6. The Balaban J connectivity index is 1.88. The smallest absolute Gasteiger partial charge is 0.274 e. The van der Waals surface area contributed by atoms with Gasteiger partial charge in [0.15, 0.2) is 5.11 Å². The number of carbonyl (C=O) groups excluding carboxylic acids is 1. The maximum Gasteiger partial charge on any atom is 0.274 e. The molecule has 3 rings (SSSR count). The van der Waals surface area contributed by atoms with Gasteiger partial charge in [-0.1, -0.05) is 18.2 Å². The van der Waals surface area contributed by atoms with E-state index in [1.807, 2.05) is 30.3 Å². The molecule has 1 aromatic heterocycles. The summed E-state index contributed by atoms with van der Waals surface area (Å²) in [5.74, 6) is 0.931. The molecule has 0 unspecified atom stereocenters. The first-order valence-electron chi connectivity index (χ1n) is 6.30. The van der Waals surface area contributed by atoms with Crippen LogP contribution in [0.4, 0.5) is 0 Å². The summed E-state index contributed by atoms with van der Waals surface area (Å²) in [7, 11) is 0. The van der Waals surface area contributed by atoms with Gasteiger partial charge in [0.05, 0.1) is 6.61 Å². The number of furan rings is 1. The number of carbonyl (C=O) groups is 1. The first-order valence-corrected chi connectivity index (χ1v) is 6.70. The van der Waals surface area contributed by atoms with E-state index in [0.29, 0.717) is 17.2 Å². The fourth-order valence-electron chi connectivity index (χ4n) is 2.03. The molecule has 2 heterocycles. The molecule has 21 heavy (non-hydrogen) atoms. The molecule has 0 radical (unpaired) electrons. The summed E-state index contributed by atoms with van der Waals surface area (Å²) in [5.41, 5.74) is 2.03. The van der Waals surface area contributed by atoms with E-state index in [1.54, 1.807) is 12.1 Å². The number of thiocarbonyl (C=S) groups is 1. The minimum Gasteiger partial charge on any atom is -0.457 e. The molecule has 0 saturated carbocycles. The highest BCUT2D eigenvalue weighted by Gasteiger charge is 2.20. The summed E-state index contributed by atoms with van der Waals surface area (Å²) in [6.45, 7) is -0.0208. The second kappa shape index (κ2) is 5.51. The standard InChI is InChI=1S/C15H12N2O3S/c18-8-9-2-1-3-10(6-9)13-5-4-11(20-13)7-12-14(19)17-15(21)16-12/h1-7,18H,8H2,(H2,16,17,19,21)/b12-7+. The van der Waals surface area contributed by atoms with Crippen LogP contribution in [0.1, 0.15) is 11.3 Å². The van der Waals surface area contributed by atoms with Crippen LogP contribution >= 0.6 is 12.2 Å². The van der Waals surface area contributed by atoms with Crippen molar-refractivity contribution in [2.45, 2.75) is 6.61 Å². The van der Waals surface area contributed by atoms with Crippen molar-refractivity contribution in [3.8, 4) is 11.3 Å². The number of benzene rings is 1. The molecule has 1 aliphatic heterocycles. The Morgan fingerprint density at radius 2 is 2.10 bits per heavy atom. The van der Waals surface area contributed by atoms with Gasteiger partial charge >= 0.3 is 0 Å². The molecule has 2 aromatic rings. The van der Waals surface area contributed by atoms with Crippen molar-refractivity contribution in [1.29, 1.82) is 0 Å². The van der Waals surface area contributed by atoms with E-state index in [9.17, 15) is 4.79 Å². The fourth-order valence-corrected chi connectivity index (χ4v) is 2.24. The summed E-state index contributed by atoms with van der Waals surface area (Å²) in [6.07, 6.45) is 1.59. The monoisotopic (exact) mass is 300 g/mol. The average molecular weight is 300 g/mol. The lowest BCUT2D eigenvalue weighted by atomic mass is 10.1. The highest BCUT2D eigenvalue weighted by molar-refractivity contribution is 7.80. The number of rotatable bonds is 3. The average Bonchev–Trinajstić information content (AvgIpc) is 3.06. The Morgan fingerprint density at radius 1 is 1.24 bits per heavy atom. The van der Waals surface area contributed by atoms with Crippen molar-refractivity contribution >= 4 is 29.3 Å². The molecule has 0 spiro atoms. The molecular weight excluding hydrogens is 288 g/mol. The molecule has 1 saturated heterocycles. The minimum absolute atomic E-state index is 0.0208. The van der Waals surface area contributed by atoms with Crippen LogP contribution in [0.25, 0.3) is 17.4 Å². The quantitative estimate of drug-likeness (QED) is 0.595. The number of hydrogen-bond donors (Lipinski definition) is 3. The van der Waals surface area contributed by atoms with E-state index in [2.05, 4.69) is 10.6 Å². The van der Waals surface area contributed by atoms with E-state index in [1.165, 1.54) is 0 Å². The topological polar surface area (TPSA) is 74.5 Å². The number of nitrogens with one attached hydrogen (secondary N) is 2. The third kappa shape index (κ3) is 2.86. The van der Waals surface area contributed by atoms with Crippen LogP contribution < -0.4 is 10.6 Å². The van der Waals surface area contributed by atoms with Crippen molar-refractivity contribution in [1.82, 2.24) is 10.6 Å². The lowest BCUT2D eigenvalue weighted by Crippen LogP contribution is -2.21. The van der Waals surface area contributed by atoms with Crippen LogP contribution in [0.2, 0.25) is 0 Å². The molecular formula is C15H12N2O3S. The first-order chi connectivity index (χ1) is 10.2. The second-order valence-corrected chi connectivity index (χ2v) is 4.94. The van der Waals surface area contributed by atoms with E-state index in [-0.39, 0.29) is 17.6 Å². The van der Waals surface area contributed by atoms with E-state index in [0.717, 1.165) is 11.1 Å².